The van der Waals surface area contributed by atoms with Crippen LogP contribution < -0.4 is 10.1 Å². The van der Waals surface area contributed by atoms with E-state index < -0.39 is 11.2 Å². The highest BCUT2D eigenvalue weighted by Gasteiger charge is 2.32. The number of amides is 1. The van der Waals surface area contributed by atoms with Gasteiger partial charge in [-0.05, 0) is 24.6 Å². The smallest absolute Gasteiger partial charge is 0.305 e. The second kappa shape index (κ2) is 7.60. The molecule has 1 aromatic rings. The molecule has 1 aromatic carbocycles. The first-order valence-corrected chi connectivity index (χ1v) is 7.49. The van der Waals surface area contributed by atoms with Crippen molar-refractivity contribution in [3.63, 3.8) is 0 Å². The van der Waals surface area contributed by atoms with Crippen molar-refractivity contribution in [1.82, 2.24) is 5.32 Å². The summed E-state index contributed by atoms with van der Waals surface area (Å²) in [6.07, 6.45) is 1.29. The largest absolute Gasteiger partial charge is 0.494 e. The zero-order valence-corrected chi connectivity index (χ0v) is 12.7. The average molecular weight is 321 g/mol. The van der Waals surface area contributed by atoms with Crippen LogP contribution in [0.5, 0.6) is 5.75 Å². The summed E-state index contributed by atoms with van der Waals surface area (Å²) in [4.78, 5) is 22.1. The third kappa shape index (κ3) is 4.59. The van der Waals surface area contributed by atoms with E-state index in [1.807, 2.05) is 31.2 Å². The lowest BCUT2D eigenvalue weighted by Crippen LogP contribution is -2.26. The Hall–Kier alpha value is -2.35. The molecule has 116 valence electrons. The first-order valence-electron chi connectivity index (χ1n) is 6.61. The van der Waals surface area contributed by atoms with E-state index in [2.05, 4.69) is 15.5 Å². The van der Waals surface area contributed by atoms with Gasteiger partial charge in [0.25, 0.3) is 0 Å². The molecule has 8 heteroatoms. The van der Waals surface area contributed by atoms with Crippen LogP contribution in [0.3, 0.4) is 0 Å². The van der Waals surface area contributed by atoms with Gasteiger partial charge in [0.05, 0.1) is 19.2 Å². The SMILES string of the molecule is CCOc1cccc(C=NN=C2NC(=O)C(CC(=O)O)S2)c1. The summed E-state index contributed by atoms with van der Waals surface area (Å²) in [6, 6.07) is 7.35. The van der Waals surface area contributed by atoms with E-state index in [0.717, 1.165) is 23.1 Å². The van der Waals surface area contributed by atoms with Gasteiger partial charge in [-0.25, -0.2) is 0 Å². The average Bonchev–Trinajstić information content (AvgIpc) is 2.79. The zero-order chi connectivity index (χ0) is 15.9. The number of carboxylic acids is 1. The highest BCUT2D eigenvalue weighted by atomic mass is 32.2. The van der Waals surface area contributed by atoms with Crippen LogP contribution in [-0.4, -0.2) is 40.2 Å². The number of benzene rings is 1. The maximum absolute atomic E-state index is 11.5. The van der Waals surface area contributed by atoms with Crippen molar-refractivity contribution >= 4 is 35.0 Å². The molecule has 0 aromatic heterocycles. The minimum atomic E-state index is -1.02. The molecule has 22 heavy (non-hydrogen) atoms. The number of thioether (sulfide) groups is 1. The number of carbonyl (C=O) groups is 2. The van der Waals surface area contributed by atoms with Crippen LogP contribution in [0.1, 0.15) is 18.9 Å². The zero-order valence-electron chi connectivity index (χ0n) is 11.9. The van der Waals surface area contributed by atoms with Crippen LogP contribution in [0.15, 0.2) is 34.5 Å². The molecule has 0 bridgehead atoms. The number of ether oxygens (including phenoxy) is 1. The lowest BCUT2D eigenvalue weighted by atomic mass is 10.2. The van der Waals surface area contributed by atoms with E-state index in [4.69, 9.17) is 9.84 Å². The van der Waals surface area contributed by atoms with Gasteiger partial charge < -0.3 is 15.2 Å². The van der Waals surface area contributed by atoms with Gasteiger partial charge in [-0.2, -0.15) is 5.10 Å². The van der Waals surface area contributed by atoms with E-state index in [0.29, 0.717) is 11.8 Å². The van der Waals surface area contributed by atoms with Crippen molar-refractivity contribution in [3.8, 4) is 5.75 Å². The van der Waals surface area contributed by atoms with Gasteiger partial charge in [0.2, 0.25) is 5.91 Å². The summed E-state index contributed by atoms with van der Waals surface area (Å²) < 4.78 is 5.38. The molecule has 1 saturated heterocycles. The van der Waals surface area contributed by atoms with Crippen molar-refractivity contribution in [1.29, 1.82) is 0 Å². The standard InChI is InChI=1S/C14H15N3O4S/c1-2-21-10-5-3-4-9(6-10)8-15-17-14-16-13(20)11(22-14)7-12(18)19/h3-6,8,11H,2,7H2,1H3,(H,18,19)(H,16,17,20). The monoisotopic (exact) mass is 321 g/mol. The second-order valence-electron chi connectivity index (χ2n) is 4.35. The molecule has 2 N–H and O–H groups in total. The summed E-state index contributed by atoms with van der Waals surface area (Å²) in [5, 5.41) is 18.6. The third-order valence-electron chi connectivity index (χ3n) is 2.66. The maximum Gasteiger partial charge on any atom is 0.305 e. The molecule has 1 aliphatic rings. The van der Waals surface area contributed by atoms with Gasteiger partial charge in [-0.1, -0.05) is 23.9 Å². The molecule has 0 saturated carbocycles. The second-order valence-corrected chi connectivity index (χ2v) is 5.54. The molecule has 1 amide bonds. The predicted octanol–water partition coefficient (Wildman–Crippen LogP) is 1.48. The fraction of sp³-hybridized carbons (Fsp3) is 0.286. The summed E-state index contributed by atoms with van der Waals surface area (Å²) in [7, 11) is 0. The lowest BCUT2D eigenvalue weighted by molar-refractivity contribution is -0.138. The first kappa shape index (κ1) is 16.0. The molecule has 2 rings (SSSR count). The van der Waals surface area contributed by atoms with Gasteiger partial charge in [-0.15, -0.1) is 5.10 Å². The Labute approximate surface area is 131 Å². The number of aliphatic carboxylic acids is 1. The van der Waals surface area contributed by atoms with Crippen molar-refractivity contribution in [2.75, 3.05) is 6.61 Å². The number of hydrogen-bond donors (Lipinski definition) is 2. The normalized spacial score (nSPS) is 19.6. The molecule has 1 unspecified atom stereocenters. The molecule has 1 aliphatic heterocycles. The summed E-state index contributed by atoms with van der Waals surface area (Å²) in [5.74, 6) is -0.644. The minimum absolute atomic E-state index is 0.240. The summed E-state index contributed by atoms with van der Waals surface area (Å²) in [5.41, 5.74) is 0.812. The molecule has 1 atom stereocenters. The minimum Gasteiger partial charge on any atom is -0.494 e. The number of hydrogen-bond acceptors (Lipinski definition) is 6. The first-order chi connectivity index (χ1) is 10.6. The van der Waals surface area contributed by atoms with Crippen LogP contribution in [0.4, 0.5) is 0 Å². The molecule has 0 aliphatic carbocycles. The maximum atomic E-state index is 11.5. The van der Waals surface area contributed by atoms with E-state index in [1.165, 1.54) is 6.21 Å². The van der Waals surface area contributed by atoms with Gasteiger partial charge in [0.15, 0.2) is 5.17 Å². The topological polar surface area (TPSA) is 100 Å². The Bertz CT molecular complexity index is 630. The Morgan fingerprint density at radius 2 is 2.36 bits per heavy atom. The van der Waals surface area contributed by atoms with Gasteiger partial charge in [0.1, 0.15) is 11.0 Å². The third-order valence-corrected chi connectivity index (χ3v) is 3.73. The Morgan fingerprint density at radius 3 is 3.09 bits per heavy atom. The molecule has 1 heterocycles. The fourth-order valence-electron chi connectivity index (χ4n) is 1.74. The Morgan fingerprint density at radius 1 is 1.55 bits per heavy atom. The van der Waals surface area contributed by atoms with Crippen LogP contribution in [0, 0.1) is 0 Å². The number of nitrogens with zero attached hydrogens (tertiary/aromatic N) is 2. The van der Waals surface area contributed by atoms with E-state index in [1.54, 1.807) is 0 Å². The molecular weight excluding hydrogens is 306 g/mol. The number of amidine groups is 1. The van der Waals surface area contributed by atoms with Crippen LogP contribution in [0.25, 0.3) is 0 Å². The van der Waals surface area contributed by atoms with E-state index >= 15 is 0 Å². The van der Waals surface area contributed by atoms with Crippen molar-refractivity contribution in [3.05, 3.63) is 29.8 Å². The summed E-state index contributed by atoms with van der Waals surface area (Å²) >= 11 is 1.06. The molecule has 7 nitrogen and oxygen atoms in total. The predicted molar refractivity (Wildman–Crippen MR) is 84.4 cm³/mol. The van der Waals surface area contributed by atoms with Gasteiger partial charge in [0, 0.05) is 0 Å². The van der Waals surface area contributed by atoms with E-state index in [-0.39, 0.29) is 12.3 Å². The Balaban J connectivity index is 1.98. The van der Waals surface area contributed by atoms with Crippen molar-refractivity contribution in [2.45, 2.75) is 18.6 Å². The molecule has 1 fully saturated rings. The van der Waals surface area contributed by atoms with Crippen LogP contribution in [0.2, 0.25) is 0 Å². The van der Waals surface area contributed by atoms with E-state index in [9.17, 15) is 9.59 Å². The van der Waals surface area contributed by atoms with Gasteiger partial charge >= 0.3 is 5.97 Å². The molecule has 0 radical (unpaired) electrons. The number of nitrogens with one attached hydrogen (secondary N) is 1. The summed E-state index contributed by atoms with van der Waals surface area (Å²) in [6.45, 7) is 2.48. The highest BCUT2D eigenvalue weighted by molar-refractivity contribution is 8.15. The molecular formula is C14H15N3O4S. The molecule has 0 spiro atoms. The number of carbonyl (C=O) groups excluding carboxylic acids is 1. The van der Waals surface area contributed by atoms with Crippen LogP contribution >= 0.6 is 11.8 Å². The fourth-order valence-corrected chi connectivity index (χ4v) is 2.66. The Kier molecular flexibility index (Phi) is 5.54. The van der Waals surface area contributed by atoms with Gasteiger partial charge in [-0.3, -0.25) is 9.59 Å². The van der Waals surface area contributed by atoms with Crippen molar-refractivity contribution in [2.24, 2.45) is 10.2 Å². The number of carboxylic acid groups (broad SMARTS) is 1. The number of rotatable bonds is 6. The van der Waals surface area contributed by atoms with Crippen molar-refractivity contribution < 1.29 is 19.4 Å². The highest BCUT2D eigenvalue weighted by Crippen LogP contribution is 2.22. The lowest BCUT2D eigenvalue weighted by Gasteiger charge is -2.02. The quantitative estimate of drug-likeness (QED) is 0.610. The van der Waals surface area contributed by atoms with Crippen LogP contribution in [-0.2, 0) is 9.59 Å².